The van der Waals surface area contributed by atoms with Crippen LogP contribution in [0.15, 0.2) is 36.4 Å². The summed E-state index contributed by atoms with van der Waals surface area (Å²) in [5.41, 5.74) is 1.29. The second-order valence-corrected chi connectivity index (χ2v) is 9.88. The number of ether oxygens (including phenoxy) is 1. The van der Waals surface area contributed by atoms with E-state index in [4.69, 9.17) is 10.5 Å². The molecule has 0 bridgehead atoms. The van der Waals surface area contributed by atoms with Crippen molar-refractivity contribution >= 4 is 11.8 Å². The molecule has 2 N–H and O–H groups in total. The summed E-state index contributed by atoms with van der Waals surface area (Å²) in [5.74, 6) is -1.19. The van der Waals surface area contributed by atoms with Gasteiger partial charge in [0.2, 0.25) is 0 Å². The second-order valence-electron chi connectivity index (χ2n) is 9.88. The molecule has 39 heavy (non-hydrogen) atoms. The molecule has 4 nitrogen and oxygen atoms in total. The van der Waals surface area contributed by atoms with Crippen LogP contribution in [0.3, 0.4) is 0 Å². The molecule has 0 saturated heterocycles. The van der Waals surface area contributed by atoms with Gasteiger partial charge in [-0.25, -0.2) is 4.79 Å². The van der Waals surface area contributed by atoms with Gasteiger partial charge in [-0.1, -0.05) is 20.8 Å². The van der Waals surface area contributed by atoms with Crippen molar-refractivity contribution in [2.75, 3.05) is 11.5 Å². The van der Waals surface area contributed by atoms with Crippen LogP contribution >= 0.6 is 0 Å². The van der Waals surface area contributed by atoms with Gasteiger partial charge in [0, 0.05) is 18.0 Å². The molecule has 2 aromatic carbocycles. The van der Waals surface area contributed by atoms with E-state index in [1.54, 1.807) is 20.8 Å². The highest BCUT2D eigenvalue weighted by Gasteiger charge is 2.43. The van der Waals surface area contributed by atoms with E-state index in [1.807, 2.05) is 0 Å². The molecule has 0 unspecified atom stereocenters. The van der Waals surface area contributed by atoms with E-state index >= 15 is 0 Å². The largest absolute Gasteiger partial charge is 0.449 e. The molecule has 1 heterocycles. The molecule has 1 aliphatic heterocycles. The molecule has 0 fully saturated rings. The van der Waals surface area contributed by atoms with E-state index in [0.717, 1.165) is 18.2 Å². The number of carbonyl (C=O) groups is 1. The predicted molar refractivity (Wildman–Crippen MR) is 125 cm³/mol. The highest BCUT2D eigenvalue weighted by Crippen LogP contribution is 2.48. The van der Waals surface area contributed by atoms with Crippen molar-refractivity contribution < 1.29 is 49.0 Å². The zero-order valence-electron chi connectivity index (χ0n) is 21.1. The SMILES string of the molecule is CC[C@@H]1C[C@@H]([C@@H](N)c2cc(C(F)(F)F)cc(C(F)(F)F)c2)c2cc(C(F)(F)F)ccc2N1C(=O)OCC(C)C. The van der Waals surface area contributed by atoms with Crippen molar-refractivity contribution in [3.63, 3.8) is 0 Å². The predicted octanol–water partition coefficient (Wildman–Crippen LogP) is 8.31. The minimum Gasteiger partial charge on any atom is -0.449 e. The fourth-order valence-corrected chi connectivity index (χ4v) is 4.62. The Hall–Kier alpha value is -2.96. The van der Waals surface area contributed by atoms with E-state index < -0.39 is 64.9 Å². The average molecular weight is 570 g/mol. The number of benzene rings is 2. The third kappa shape index (κ3) is 6.79. The summed E-state index contributed by atoms with van der Waals surface area (Å²) < 4.78 is 127. The van der Waals surface area contributed by atoms with Gasteiger partial charge in [-0.2, -0.15) is 39.5 Å². The smallest absolute Gasteiger partial charge is 0.416 e. The Balaban J connectivity index is 2.19. The summed E-state index contributed by atoms with van der Waals surface area (Å²) in [6, 6.07) is 1.16. The van der Waals surface area contributed by atoms with E-state index in [1.165, 1.54) is 4.90 Å². The maximum absolute atomic E-state index is 13.6. The number of anilines is 1. The van der Waals surface area contributed by atoms with Gasteiger partial charge >= 0.3 is 24.6 Å². The van der Waals surface area contributed by atoms with Gasteiger partial charge in [-0.3, -0.25) is 4.90 Å². The van der Waals surface area contributed by atoms with Crippen molar-refractivity contribution in [3.05, 3.63) is 64.2 Å². The van der Waals surface area contributed by atoms with Crippen LogP contribution in [0.1, 0.15) is 73.4 Å². The van der Waals surface area contributed by atoms with Crippen molar-refractivity contribution in [3.8, 4) is 0 Å². The lowest BCUT2D eigenvalue weighted by Gasteiger charge is -2.42. The van der Waals surface area contributed by atoms with Gasteiger partial charge in [0.25, 0.3) is 0 Å². The van der Waals surface area contributed by atoms with Gasteiger partial charge in [-0.05, 0) is 66.3 Å². The van der Waals surface area contributed by atoms with E-state index in [9.17, 15) is 44.3 Å². The zero-order chi connectivity index (χ0) is 29.5. The zero-order valence-corrected chi connectivity index (χ0v) is 21.1. The number of nitrogens with two attached hydrogens (primary N) is 1. The molecule has 1 aliphatic rings. The van der Waals surface area contributed by atoms with Gasteiger partial charge in [-0.15, -0.1) is 0 Å². The van der Waals surface area contributed by atoms with E-state index in [2.05, 4.69) is 0 Å². The van der Waals surface area contributed by atoms with Crippen LogP contribution in [0.5, 0.6) is 0 Å². The summed E-state index contributed by atoms with van der Waals surface area (Å²) in [7, 11) is 0. The molecule has 1 amide bonds. The van der Waals surface area contributed by atoms with Gasteiger partial charge in [0.05, 0.1) is 29.0 Å². The average Bonchev–Trinajstić information content (AvgIpc) is 2.83. The monoisotopic (exact) mass is 570 g/mol. The van der Waals surface area contributed by atoms with Crippen LogP contribution in [0.25, 0.3) is 0 Å². The lowest BCUT2D eigenvalue weighted by molar-refractivity contribution is -0.143. The highest BCUT2D eigenvalue weighted by atomic mass is 19.4. The first kappa shape index (κ1) is 30.6. The number of nitrogens with zero attached hydrogens (tertiary/aromatic N) is 1. The van der Waals surface area contributed by atoms with Crippen molar-refractivity contribution in [2.45, 2.75) is 70.1 Å². The molecule has 0 spiro atoms. The number of hydrogen-bond acceptors (Lipinski definition) is 3. The topological polar surface area (TPSA) is 55.6 Å². The van der Waals surface area contributed by atoms with Gasteiger partial charge < -0.3 is 10.5 Å². The lowest BCUT2D eigenvalue weighted by atomic mass is 9.77. The Bertz CT molecular complexity index is 1160. The number of carbonyl (C=O) groups excluding carboxylic acids is 1. The Morgan fingerprint density at radius 2 is 1.46 bits per heavy atom. The minimum absolute atomic E-state index is 0.00155. The molecule has 13 heteroatoms. The van der Waals surface area contributed by atoms with Crippen molar-refractivity contribution in [1.29, 1.82) is 0 Å². The molecule has 216 valence electrons. The van der Waals surface area contributed by atoms with Crippen LogP contribution in [0.4, 0.5) is 50.0 Å². The number of hydrogen-bond donors (Lipinski definition) is 1. The van der Waals surface area contributed by atoms with E-state index in [0.29, 0.717) is 12.1 Å². The Morgan fingerprint density at radius 3 is 1.92 bits per heavy atom. The summed E-state index contributed by atoms with van der Waals surface area (Å²) in [5, 5.41) is 0. The fourth-order valence-electron chi connectivity index (χ4n) is 4.62. The molecule has 0 aromatic heterocycles. The summed E-state index contributed by atoms with van der Waals surface area (Å²) in [6.07, 6.45) is -15.8. The maximum atomic E-state index is 13.6. The number of rotatable bonds is 5. The Kier molecular flexibility index (Phi) is 8.54. The van der Waals surface area contributed by atoms with E-state index in [-0.39, 0.29) is 42.7 Å². The second kappa shape index (κ2) is 10.9. The Morgan fingerprint density at radius 1 is 0.923 bits per heavy atom. The molecule has 2 aromatic rings. The number of alkyl halides is 9. The van der Waals surface area contributed by atoms with Gasteiger partial charge in [0.15, 0.2) is 0 Å². The number of halogens is 9. The minimum atomic E-state index is -5.13. The van der Waals surface area contributed by atoms with Crippen LogP contribution in [0.2, 0.25) is 0 Å². The molecule has 3 atom stereocenters. The third-order valence-electron chi connectivity index (χ3n) is 6.54. The summed E-state index contributed by atoms with van der Waals surface area (Å²) in [4.78, 5) is 14.1. The molecular weight excluding hydrogens is 543 g/mol. The normalized spacial score (nSPS) is 19.2. The highest BCUT2D eigenvalue weighted by molar-refractivity contribution is 5.90. The number of amides is 1. The van der Waals surface area contributed by atoms with Crippen LogP contribution in [0, 0.1) is 5.92 Å². The van der Waals surface area contributed by atoms with Crippen LogP contribution < -0.4 is 10.6 Å². The lowest BCUT2D eigenvalue weighted by Crippen LogP contribution is -2.46. The number of fused-ring (bicyclic) bond motifs is 1. The quantitative estimate of drug-likeness (QED) is 0.368. The first-order chi connectivity index (χ1) is 17.8. The first-order valence-electron chi connectivity index (χ1n) is 12.1. The maximum Gasteiger partial charge on any atom is 0.416 e. The standard InChI is InChI=1S/C26H27F9N2O2/c1-4-18-11-20(22(36)14-7-16(25(30,31)32)9-17(8-14)26(33,34)35)19-10-15(24(27,28)29)5-6-21(19)37(18)23(38)39-12-13(2)3/h5-10,13,18,20,22H,4,11-12,36H2,1-3H3/t18-,20-,22+/m1/s1. The Labute approximate surface area is 218 Å². The van der Waals surface area contributed by atoms with Crippen molar-refractivity contribution in [2.24, 2.45) is 11.7 Å². The van der Waals surface area contributed by atoms with Crippen molar-refractivity contribution in [1.82, 2.24) is 0 Å². The molecular formula is C26H27F9N2O2. The first-order valence-corrected chi connectivity index (χ1v) is 12.1. The molecule has 0 saturated carbocycles. The summed E-state index contributed by atoms with van der Waals surface area (Å²) in [6.45, 7) is 5.26. The molecule has 0 radical (unpaired) electrons. The van der Waals surface area contributed by atoms with Crippen LogP contribution in [-0.4, -0.2) is 18.7 Å². The third-order valence-corrected chi connectivity index (χ3v) is 6.54. The molecule has 0 aliphatic carbocycles. The van der Waals surface area contributed by atoms with Gasteiger partial charge in [0.1, 0.15) is 0 Å². The fraction of sp³-hybridized carbons (Fsp3) is 0.500. The molecule has 3 rings (SSSR count). The van der Waals surface area contributed by atoms with Crippen LogP contribution in [-0.2, 0) is 23.3 Å². The summed E-state index contributed by atoms with van der Waals surface area (Å²) >= 11 is 0.